The second kappa shape index (κ2) is 6.98. The van der Waals surface area contributed by atoms with E-state index in [0.29, 0.717) is 10.3 Å². The maximum Gasteiger partial charge on any atom is 0.265 e. The molecular formula is C16H12BrFN4O3. The highest BCUT2D eigenvalue weighted by molar-refractivity contribution is 9.10. The standard InChI is InChI=1S/C16H12BrFN4O3/c17-12-3-1-2-9(20-12)10-6-11(23)14(15(24)21-10)16(25)22-13-5-4-8(18)7-19-13/h1-5,7,10,23H,6H2,(H,21,24)(H,19,22,25). The van der Waals surface area contributed by atoms with Gasteiger partial charge in [-0.15, -0.1) is 0 Å². The molecule has 0 saturated carbocycles. The first-order valence-corrected chi connectivity index (χ1v) is 8.01. The lowest BCUT2D eigenvalue weighted by Crippen LogP contribution is -2.39. The van der Waals surface area contributed by atoms with E-state index in [4.69, 9.17) is 0 Å². The van der Waals surface area contributed by atoms with Crippen LogP contribution in [0.15, 0.2) is 52.5 Å². The average Bonchev–Trinajstić information content (AvgIpc) is 2.56. The zero-order valence-electron chi connectivity index (χ0n) is 12.7. The van der Waals surface area contributed by atoms with E-state index in [-0.39, 0.29) is 18.0 Å². The summed E-state index contributed by atoms with van der Waals surface area (Å²) in [5.74, 6) is -2.39. The van der Waals surface area contributed by atoms with Crippen molar-refractivity contribution in [3.8, 4) is 0 Å². The van der Waals surface area contributed by atoms with Gasteiger partial charge in [0.15, 0.2) is 0 Å². The minimum absolute atomic E-state index is 0.0226. The minimum atomic E-state index is -0.824. The van der Waals surface area contributed by atoms with E-state index in [2.05, 4.69) is 36.5 Å². The molecule has 1 atom stereocenters. The molecule has 1 unspecified atom stereocenters. The maximum atomic E-state index is 12.8. The zero-order chi connectivity index (χ0) is 18.0. The number of rotatable bonds is 3. The third kappa shape index (κ3) is 3.82. The van der Waals surface area contributed by atoms with Gasteiger partial charge in [-0.1, -0.05) is 6.07 Å². The average molecular weight is 407 g/mol. The van der Waals surface area contributed by atoms with E-state index >= 15 is 0 Å². The Bertz CT molecular complexity index is 870. The first-order chi connectivity index (χ1) is 11.9. The smallest absolute Gasteiger partial charge is 0.265 e. The van der Waals surface area contributed by atoms with Gasteiger partial charge in [-0.25, -0.2) is 14.4 Å². The Balaban J connectivity index is 1.79. The molecule has 1 aliphatic rings. The Kier molecular flexibility index (Phi) is 4.75. The monoisotopic (exact) mass is 406 g/mol. The van der Waals surface area contributed by atoms with Gasteiger partial charge in [0.1, 0.15) is 27.6 Å². The van der Waals surface area contributed by atoms with Crippen LogP contribution < -0.4 is 10.6 Å². The third-order valence-electron chi connectivity index (χ3n) is 3.51. The number of nitrogens with zero attached hydrogens (tertiary/aromatic N) is 2. The van der Waals surface area contributed by atoms with Crippen LogP contribution in [0.3, 0.4) is 0 Å². The summed E-state index contributed by atoms with van der Waals surface area (Å²) in [5, 5.41) is 15.2. The van der Waals surface area contributed by atoms with E-state index in [1.807, 2.05) is 0 Å². The van der Waals surface area contributed by atoms with Gasteiger partial charge in [0, 0.05) is 6.42 Å². The van der Waals surface area contributed by atoms with Crippen molar-refractivity contribution < 1.29 is 19.1 Å². The molecule has 7 nitrogen and oxygen atoms in total. The second-order valence-corrected chi connectivity index (χ2v) is 6.07. The van der Waals surface area contributed by atoms with Crippen LogP contribution >= 0.6 is 15.9 Å². The van der Waals surface area contributed by atoms with Gasteiger partial charge in [-0.3, -0.25) is 9.59 Å². The first-order valence-electron chi connectivity index (χ1n) is 7.22. The number of hydrogen-bond donors (Lipinski definition) is 3. The first kappa shape index (κ1) is 17.0. The number of carbonyl (C=O) groups is 2. The predicted octanol–water partition coefficient (Wildman–Crippen LogP) is 2.39. The number of aromatic nitrogens is 2. The Labute approximate surface area is 150 Å². The molecule has 0 radical (unpaired) electrons. The summed E-state index contributed by atoms with van der Waals surface area (Å²) < 4.78 is 13.4. The van der Waals surface area contributed by atoms with Gasteiger partial charge in [-0.2, -0.15) is 0 Å². The highest BCUT2D eigenvalue weighted by Gasteiger charge is 2.33. The molecule has 9 heteroatoms. The van der Waals surface area contributed by atoms with Crippen LogP contribution in [-0.2, 0) is 9.59 Å². The van der Waals surface area contributed by atoms with Gasteiger partial charge < -0.3 is 15.7 Å². The Morgan fingerprint density at radius 2 is 2.16 bits per heavy atom. The van der Waals surface area contributed by atoms with Crippen molar-refractivity contribution in [3.63, 3.8) is 0 Å². The van der Waals surface area contributed by atoms with Crippen molar-refractivity contribution in [3.05, 3.63) is 64.0 Å². The van der Waals surface area contributed by atoms with Crippen LogP contribution in [0, 0.1) is 5.82 Å². The molecule has 128 valence electrons. The fourth-order valence-corrected chi connectivity index (χ4v) is 2.72. The number of carbonyl (C=O) groups excluding carboxylic acids is 2. The van der Waals surface area contributed by atoms with Crippen LogP contribution in [0.2, 0.25) is 0 Å². The number of aliphatic hydroxyl groups is 1. The van der Waals surface area contributed by atoms with Crippen LogP contribution in [0.25, 0.3) is 0 Å². The highest BCUT2D eigenvalue weighted by atomic mass is 79.9. The summed E-state index contributed by atoms with van der Waals surface area (Å²) in [6.07, 6.45) is 0.953. The predicted molar refractivity (Wildman–Crippen MR) is 89.9 cm³/mol. The summed E-state index contributed by atoms with van der Waals surface area (Å²) in [7, 11) is 0. The van der Waals surface area contributed by atoms with Crippen LogP contribution in [0.4, 0.5) is 10.2 Å². The minimum Gasteiger partial charge on any atom is -0.511 e. The fourth-order valence-electron chi connectivity index (χ4n) is 2.37. The lowest BCUT2D eigenvalue weighted by Gasteiger charge is -2.24. The topological polar surface area (TPSA) is 104 Å². The summed E-state index contributed by atoms with van der Waals surface area (Å²) in [4.78, 5) is 32.4. The summed E-state index contributed by atoms with van der Waals surface area (Å²) in [6.45, 7) is 0. The summed E-state index contributed by atoms with van der Waals surface area (Å²) in [5.41, 5.74) is 0.145. The number of nitrogens with one attached hydrogen (secondary N) is 2. The SMILES string of the molecule is O=C(Nc1ccc(F)cn1)C1=C(O)CC(c2cccc(Br)n2)NC1=O. The molecule has 3 N–H and O–H groups in total. The quantitative estimate of drug-likeness (QED) is 0.536. The van der Waals surface area contributed by atoms with Crippen LogP contribution in [0.5, 0.6) is 0 Å². The van der Waals surface area contributed by atoms with E-state index in [9.17, 15) is 19.1 Å². The van der Waals surface area contributed by atoms with Gasteiger partial charge in [-0.05, 0) is 40.2 Å². The summed E-state index contributed by atoms with van der Waals surface area (Å²) in [6, 6.07) is 7.01. The summed E-state index contributed by atoms with van der Waals surface area (Å²) >= 11 is 3.24. The van der Waals surface area contributed by atoms with Crippen molar-refractivity contribution in [2.45, 2.75) is 12.5 Å². The number of aliphatic hydroxyl groups excluding tert-OH is 1. The van der Waals surface area contributed by atoms with Crippen molar-refractivity contribution >= 4 is 33.6 Å². The van der Waals surface area contributed by atoms with Gasteiger partial charge in [0.05, 0.1) is 17.9 Å². The Hall–Kier alpha value is -2.81. The molecule has 1 aliphatic heterocycles. The van der Waals surface area contributed by atoms with Crippen molar-refractivity contribution in [1.82, 2.24) is 15.3 Å². The highest BCUT2D eigenvalue weighted by Crippen LogP contribution is 2.26. The van der Waals surface area contributed by atoms with Gasteiger partial charge in [0.2, 0.25) is 0 Å². The molecule has 25 heavy (non-hydrogen) atoms. The number of halogens is 2. The largest absolute Gasteiger partial charge is 0.511 e. The molecule has 2 aromatic heterocycles. The number of amides is 2. The molecule has 3 heterocycles. The normalized spacial score (nSPS) is 17.2. The molecular weight excluding hydrogens is 395 g/mol. The fraction of sp³-hybridized carbons (Fsp3) is 0.125. The molecule has 0 spiro atoms. The van der Waals surface area contributed by atoms with Crippen molar-refractivity contribution in [1.29, 1.82) is 0 Å². The maximum absolute atomic E-state index is 12.8. The van der Waals surface area contributed by atoms with Gasteiger partial charge >= 0.3 is 0 Å². The number of pyridine rings is 2. The van der Waals surface area contributed by atoms with Gasteiger partial charge in [0.25, 0.3) is 11.8 Å². The molecule has 0 bridgehead atoms. The third-order valence-corrected chi connectivity index (χ3v) is 3.95. The van der Waals surface area contributed by atoms with Crippen molar-refractivity contribution in [2.75, 3.05) is 5.32 Å². The molecule has 3 rings (SSSR count). The molecule has 2 aromatic rings. The zero-order valence-corrected chi connectivity index (χ0v) is 14.2. The second-order valence-electron chi connectivity index (χ2n) is 5.25. The molecule has 0 fully saturated rings. The number of hydrogen-bond acceptors (Lipinski definition) is 5. The van der Waals surface area contributed by atoms with Crippen LogP contribution in [0.1, 0.15) is 18.2 Å². The number of anilines is 1. The van der Waals surface area contributed by atoms with E-state index in [1.165, 1.54) is 6.07 Å². The van der Waals surface area contributed by atoms with E-state index < -0.39 is 29.2 Å². The van der Waals surface area contributed by atoms with E-state index in [1.54, 1.807) is 18.2 Å². The molecule has 0 aromatic carbocycles. The lowest BCUT2D eigenvalue weighted by atomic mass is 9.99. The lowest BCUT2D eigenvalue weighted by molar-refractivity contribution is -0.123. The Morgan fingerprint density at radius 1 is 1.36 bits per heavy atom. The molecule has 2 amide bonds. The Morgan fingerprint density at radius 3 is 2.80 bits per heavy atom. The molecule has 0 saturated heterocycles. The molecule has 0 aliphatic carbocycles. The van der Waals surface area contributed by atoms with Crippen molar-refractivity contribution in [2.24, 2.45) is 0 Å². The van der Waals surface area contributed by atoms with Crippen LogP contribution in [-0.4, -0.2) is 26.9 Å². The van der Waals surface area contributed by atoms with E-state index in [0.717, 1.165) is 12.3 Å².